The fraction of sp³-hybridized carbons (Fsp3) is 0.350. The van der Waals surface area contributed by atoms with E-state index in [1.807, 2.05) is 51.1 Å². The van der Waals surface area contributed by atoms with Gasteiger partial charge < -0.3 is 15.2 Å². The molecule has 0 spiro atoms. The van der Waals surface area contributed by atoms with Gasteiger partial charge in [0.15, 0.2) is 6.29 Å². The molecule has 0 saturated carbocycles. The van der Waals surface area contributed by atoms with E-state index in [1.54, 1.807) is 18.2 Å². The fourth-order valence-corrected chi connectivity index (χ4v) is 2.25. The van der Waals surface area contributed by atoms with Crippen molar-refractivity contribution in [3.05, 3.63) is 65.2 Å². The molecule has 0 aliphatic heterocycles. The molecule has 0 amide bonds. The van der Waals surface area contributed by atoms with Crippen LogP contribution in [0.15, 0.2) is 48.5 Å². The van der Waals surface area contributed by atoms with Crippen LogP contribution in [0, 0.1) is 0 Å². The lowest BCUT2D eigenvalue weighted by atomic mass is 10.0. The number of carbonyl (C=O) groups excluding carboxylic acids is 1. The molecule has 0 aromatic heterocycles. The Morgan fingerprint density at radius 2 is 1.88 bits per heavy atom. The predicted molar refractivity (Wildman–Crippen MR) is 95.3 cm³/mol. The smallest absolute Gasteiger partial charge is 0.153 e. The molecule has 0 radical (unpaired) electrons. The molecule has 0 fully saturated rings. The van der Waals surface area contributed by atoms with E-state index in [2.05, 4.69) is 5.32 Å². The van der Waals surface area contributed by atoms with Crippen LogP contribution in [0.2, 0.25) is 0 Å². The lowest BCUT2D eigenvalue weighted by Gasteiger charge is -2.23. The highest BCUT2D eigenvalue weighted by atomic mass is 16.5. The number of hydrogen-bond donors (Lipinski definition) is 2. The van der Waals surface area contributed by atoms with E-state index >= 15 is 0 Å². The number of β-amino-alcohol motifs (C(OH)–C–C–N with tert-alkyl or cyclic N) is 1. The minimum absolute atomic E-state index is 0.0762. The van der Waals surface area contributed by atoms with E-state index in [0.29, 0.717) is 30.0 Å². The summed E-state index contributed by atoms with van der Waals surface area (Å²) in [6.45, 7) is 6.94. The standard InChI is InChI=1S/C20H25NO3/c1-20(2,3)21-12-18(23)16-9-10-19(17(11-16)13-22)24-14-15-7-5-4-6-8-15/h4-11,13,18,21,23H,12,14H2,1-3H3. The maximum Gasteiger partial charge on any atom is 0.153 e. The van der Waals surface area contributed by atoms with Crippen LogP contribution in [-0.4, -0.2) is 23.5 Å². The van der Waals surface area contributed by atoms with E-state index < -0.39 is 6.10 Å². The zero-order chi connectivity index (χ0) is 17.6. The molecule has 1 atom stereocenters. The van der Waals surface area contributed by atoms with Crippen LogP contribution in [0.1, 0.15) is 48.4 Å². The number of carbonyl (C=O) groups is 1. The fourth-order valence-electron chi connectivity index (χ4n) is 2.25. The van der Waals surface area contributed by atoms with E-state index in [-0.39, 0.29) is 5.54 Å². The zero-order valence-electron chi connectivity index (χ0n) is 14.5. The zero-order valence-corrected chi connectivity index (χ0v) is 14.5. The molecule has 4 heteroatoms. The molecule has 2 rings (SSSR count). The molecule has 1 unspecified atom stereocenters. The third-order valence-electron chi connectivity index (χ3n) is 3.61. The molecule has 24 heavy (non-hydrogen) atoms. The Balaban J connectivity index is 2.05. The Bertz CT molecular complexity index is 662. The molecule has 0 heterocycles. The van der Waals surface area contributed by atoms with Crippen molar-refractivity contribution in [3.63, 3.8) is 0 Å². The average Bonchev–Trinajstić information content (AvgIpc) is 2.58. The van der Waals surface area contributed by atoms with Gasteiger partial charge in [0.25, 0.3) is 0 Å². The maximum absolute atomic E-state index is 11.4. The van der Waals surface area contributed by atoms with Crippen molar-refractivity contribution in [2.45, 2.75) is 39.0 Å². The summed E-state index contributed by atoms with van der Waals surface area (Å²) in [4.78, 5) is 11.4. The third kappa shape index (κ3) is 5.48. The molecular weight excluding hydrogens is 302 g/mol. The lowest BCUT2D eigenvalue weighted by molar-refractivity contribution is 0.111. The monoisotopic (exact) mass is 327 g/mol. The molecule has 0 aliphatic rings. The summed E-state index contributed by atoms with van der Waals surface area (Å²) in [7, 11) is 0. The minimum Gasteiger partial charge on any atom is -0.488 e. The number of aliphatic hydroxyl groups is 1. The van der Waals surface area contributed by atoms with Crippen LogP contribution >= 0.6 is 0 Å². The van der Waals surface area contributed by atoms with Crippen molar-refractivity contribution in [2.75, 3.05) is 6.54 Å². The second-order valence-electron chi connectivity index (χ2n) is 6.84. The Labute approximate surface area is 143 Å². The van der Waals surface area contributed by atoms with Gasteiger partial charge in [-0.05, 0) is 44.0 Å². The normalized spacial score (nSPS) is 12.7. The number of ether oxygens (including phenoxy) is 1. The van der Waals surface area contributed by atoms with Gasteiger partial charge in [0, 0.05) is 12.1 Å². The first kappa shape index (κ1) is 18.2. The summed E-state index contributed by atoms with van der Waals surface area (Å²) in [5, 5.41) is 13.5. The van der Waals surface area contributed by atoms with Crippen LogP contribution in [0.4, 0.5) is 0 Å². The third-order valence-corrected chi connectivity index (χ3v) is 3.61. The van der Waals surface area contributed by atoms with Gasteiger partial charge in [-0.2, -0.15) is 0 Å². The lowest BCUT2D eigenvalue weighted by Crippen LogP contribution is -2.38. The Hall–Kier alpha value is -2.17. The second kappa shape index (κ2) is 8.08. The summed E-state index contributed by atoms with van der Waals surface area (Å²) < 4.78 is 5.73. The van der Waals surface area contributed by atoms with Crippen molar-refractivity contribution in [2.24, 2.45) is 0 Å². The summed E-state index contributed by atoms with van der Waals surface area (Å²) in [6.07, 6.45) is 0.0828. The van der Waals surface area contributed by atoms with Gasteiger partial charge in [0.2, 0.25) is 0 Å². The van der Waals surface area contributed by atoms with Gasteiger partial charge >= 0.3 is 0 Å². The summed E-state index contributed by atoms with van der Waals surface area (Å²) in [5.74, 6) is 0.522. The summed E-state index contributed by atoms with van der Waals surface area (Å²) in [6, 6.07) is 15.0. The Kier molecular flexibility index (Phi) is 6.12. The number of aliphatic hydroxyl groups excluding tert-OH is 1. The Morgan fingerprint density at radius 1 is 1.17 bits per heavy atom. The second-order valence-corrected chi connectivity index (χ2v) is 6.84. The van der Waals surface area contributed by atoms with Crippen LogP contribution in [0.5, 0.6) is 5.75 Å². The van der Waals surface area contributed by atoms with E-state index in [1.165, 1.54) is 0 Å². The molecule has 4 nitrogen and oxygen atoms in total. The largest absolute Gasteiger partial charge is 0.488 e. The number of benzene rings is 2. The quantitative estimate of drug-likeness (QED) is 0.764. The van der Waals surface area contributed by atoms with Crippen LogP contribution in [0.3, 0.4) is 0 Å². The number of rotatable bonds is 7. The first-order valence-corrected chi connectivity index (χ1v) is 8.08. The van der Waals surface area contributed by atoms with Gasteiger partial charge in [-0.15, -0.1) is 0 Å². The highest BCUT2D eigenvalue weighted by molar-refractivity contribution is 5.79. The molecule has 2 aromatic carbocycles. The van der Waals surface area contributed by atoms with E-state index in [4.69, 9.17) is 4.74 Å². The van der Waals surface area contributed by atoms with Crippen LogP contribution < -0.4 is 10.1 Å². The molecular formula is C20H25NO3. The molecule has 2 N–H and O–H groups in total. The highest BCUT2D eigenvalue weighted by Crippen LogP contribution is 2.23. The van der Waals surface area contributed by atoms with Gasteiger partial charge in [-0.1, -0.05) is 36.4 Å². The number of hydrogen-bond acceptors (Lipinski definition) is 4. The Morgan fingerprint density at radius 3 is 2.50 bits per heavy atom. The summed E-state index contributed by atoms with van der Waals surface area (Å²) in [5.41, 5.74) is 2.10. The first-order chi connectivity index (χ1) is 11.4. The topological polar surface area (TPSA) is 58.6 Å². The van der Waals surface area contributed by atoms with Gasteiger partial charge in [0.1, 0.15) is 12.4 Å². The van der Waals surface area contributed by atoms with Crippen LogP contribution in [-0.2, 0) is 6.61 Å². The minimum atomic E-state index is -0.675. The van der Waals surface area contributed by atoms with Gasteiger partial charge in [-0.3, -0.25) is 4.79 Å². The SMILES string of the molecule is CC(C)(C)NCC(O)c1ccc(OCc2ccccc2)c(C=O)c1. The molecule has 128 valence electrons. The van der Waals surface area contributed by atoms with Crippen LogP contribution in [0.25, 0.3) is 0 Å². The molecule has 0 bridgehead atoms. The van der Waals surface area contributed by atoms with Crippen molar-refractivity contribution in [1.82, 2.24) is 5.32 Å². The van der Waals surface area contributed by atoms with E-state index in [9.17, 15) is 9.90 Å². The first-order valence-electron chi connectivity index (χ1n) is 8.08. The van der Waals surface area contributed by atoms with Crippen molar-refractivity contribution in [1.29, 1.82) is 0 Å². The number of nitrogens with one attached hydrogen (secondary N) is 1. The molecule has 0 aliphatic carbocycles. The average molecular weight is 327 g/mol. The van der Waals surface area contributed by atoms with E-state index in [0.717, 1.165) is 11.8 Å². The van der Waals surface area contributed by atoms with Crippen molar-refractivity contribution < 1.29 is 14.6 Å². The predicted octanol–water partition coefficient (Wildman–Crippen LogP) is 3.50. The molecule has 2 aromatic rings. The maximum atomic E-state index is 11.4. The van der Waals surface area contributed by atoms with Crippen molar-refractivity contribution in [3.8, 4) is 5.75 Å². The number of aldehydes is 1. The van der Waals surface area contributed by atoms with Crippen molar-refractivity contribution >= 4 is 6.29 Å². The highest BCUT2D eigenvalue weighted by Gasteiger charge is 2.15. The van der Waals surface area contributed by atoms with Gasteiger partial charge in [0.05, 0.1) is 11.7 Å². The summed E-state index contributed by atoms with van der Waals surface area (Å²) >= 11 is 0. The van der Waals surface area contributed by atoms with Gasteiger partial charge in [-0.25, -0.2) is 0 Å². The molecule has 0 saturated heterocycles.